The topological polar surface area (TPSA) is 67.4 Å². The van der Waals surface area contributed by atoms with Gasteiger partial charge in [-0.3, -0.25) is 14.9 Å². The molecule has 3 aliphatic rings. The number of halogens is 3. The van der Waals surface area contributed by atoms with Crippen LogP contribution in [-0.4, -0.2) is 29.1 Å². The van der Waals surface area contributed by atoms with Crippen molar-refractivity contribution < 1.29 is 18.7 Å². The van der Waals surface area contributed by atoms with Crippen LogP contribution in [0.1, 0.15) is 69.9 Å². The van der Waals surface area contributed by atoms with Gasteiger partial charge in [-0.15, -0.1) is 0 Å². The van der Waals surface area contributed by atoms with Crippen LogP contribution in [0.2, 0.25) is 10.0 Å². The molecule has 2 N–H and O–H groups in total. The molecule has 1 aliphatic carbocycles. The summed E-state index contributed by atoms with van der Waals surface area (Å²) in [5.41, 5.74) is -1.24. The molecule has 2 fully saturated rings. The lowest BCUT2D eigenvalue weighted by atomic mass is 9.55. The van der Waals surface area contributed by atoms with Gasteiger partial charge in [0, 0.05) is 22.2 Å². The van der Waals surface area contributed by atoms with Crippen LogP contribution < -0.4 is 10.6 Å². The summed E-state index contributed by atoms with van der Waals surface area (Å²) in [5.74, 6) is -2.29. The van der Waals surface area contributed by atoms with Crippen molar-refractivity contribution >= 4 is 40.8 Å². The summed E-state index contributed by atoms with van der Waals surface area (Å²) in [7, 11) is 0. The van der Waals surface area contributed by atoms with Crippen molar-refractivity contribution in [2.24, 2.45) is 0 Å². The largest absolute Gasteiger partial charge is 0.459 e. The minimum atomic E-state index is -1.25. The molecule has 35 heavy (non-hydrogen) atoms. The van der Waals surface area contributed by atoms with Gasteiger partial charge in [0.2, 0.25) is 5.91 Å². The van der Waals surface area contributed by atoms with E-state index in [0.717, 1.165) is 24.8 Å². The lowest BCUT2D eigenvalue weighted by Gasteiger charge is -2.47. The summed E-state index contributed by atoms with van der Waals surface area (Å²) in [6.07, 6.45) is 4.14. The van der Waals surface area contributed by atoms with E-state index in [1.165, 1.54) is 6.07 Å². The highest BCUT2D eigenvalue weighted by molar-refractivity contribution is 6.31. The van der Waals surface area contributed by atoms with Crippen LogP contribution in [0.3, 0.4) is 0 Å². The van der Waals surface area contributed by atoms with E-state index in [-0.39, 0.29) is 16.5 Å². The molecule has 1 saturated carbocycles. The maximum absolute atomic E-state index is 15.7. The highest BCUT2D eigenvalue weighted by Crippen LogP contribution is 2.62. The van der Waals surface area contributed by atoms with Crippen LogP contribution in [0.25, 0.3) is 0 Å². The zero-order valence-corrected chi connectivity index (χ0v) is 21.5. The number of ether oxygens (including phenoxy) is 1. The van der Waals surface area contributed by atoms with Gasteiger partial charge in [-0.2, -0.15) is 0 Å². The lowest BCUT2D eigenvalue weighted by molar-refractivity contribution is -0.157. The number of anilines is 1. The van der Waals surface area contributed by atoms with Gasteiger partial charge in [0.15, 0.2) is 0 Å². The maximum Gasteiger partial charge on any atom is 0.324 e. The Kier molecular flexibility index (Phi) is 5.93. The Morgan fingerprint density at radius 2 is 1.83 bits per heavy atom. The van der Waals surface area contributed by atoms with Crippen LogP contribution >= 0.6 is 23.2 Å². The number of carbonyl (C=O) groups excluding carboxylic acids is 2. The highest BCUT2D eigenvalue weighted by atomic mass is 35.5. The number of hydrogen-bond donors (Lipinski definition) is 2. The zero-order chi connectivity index (χ0) is 25.2. The average molecular weight is 519 g/mol. The Hall–Kier alpha value is -2.15. The van der Waals surface area contributed by atoms with Crippen LogP contribution in [-0.2, 0) is 19.7 Å². The molecule has 1 amide bonds. The van der Waals surface area contributed by atoms with E-state index >= 15 is 4.39 Å². The SMILES string of the molecule is CC(C)(C)OC(=O)[C@H]1NC2(CCCCC2)[C@]2(C(=O)Nc3cc(Cl)ccc32)[C@@H]1c1cccc(Cl)c1F. The Labute approximate surface area is 214 Å². The summed E-state index contributed by atoms with van der Waals surface area (Å²) < 4.78 is 21.5. The number of fused-ring (bicyclic) bond motifs is 3. The summed E-state index contributed by atoms with van der Waals surface area (Å²) in [4.78, 5) is 27.9. The molecular weight excluding hydrogens is 490 g/mol. The first-order valence-corrected chi connectivity index (χ1v) is 12.8. The van der Waals surface area contributed by atoms with Crippen molar-refractivity contribution in [1.29, 1.82) is 0 Å². The summed E-state index contributed by atoms with van der Waals surface area (Å²) in [6.45, 7) is 5.38. The van der Waals surface area contributed by atoms with Gasteiger partial charge in [0.05, 0.1) is 5.02 Å². The Balaban J connectivity index is 1.81. The number of hydrogen-bond acceptors (Lipinski definition) is 4. The molecule has 0 bridgehead atoms. The van der Waals surface area contributed by atoms with Crippen molar-refractivity contribution in [3.05, 3.63) is 63.4 Å². The maximum atomic E-state index is 15.7. The van der Waals surface area contributed by atoms with E-state index in [4.69, 9.17) is 27.9 Å². The molecule has 5 rings (SSSR count). The molecule has 0 radical (unpaired) electrons. The standard InChI is InChI=1S/C27H29Cl2FN2O3/c1-25(2,3)35-23(33)22-20(16-8-7-9-18(29)21(16)30)27(26(32-22)12-5-4-6-13-26)17-11-10-15(28)14-19(17)31-24(27)34/h7-11,14,20,22,32H,4-6,12-13H2,1-3H3,(H,31,34)/t20-,22+,27+/m1/s1. The minimum absolute atomic E-state index is 0.0556. The van der Waals surface area contributed by atoms with Crippen LogP contribution in [0, 0.1) is 5.82 Å². The van der Waals surface area contributed by atoms with Crippen LogP contribution in [0.15, 0.2) is 36.4 Å². The molecule has 5 nitrogen and oxygen atoms in total. The van der Waals surface area contributed by atoms with Gasteiger partial charge < -0.3 is 10.1 Å². The quantitative estimate of drug-likeness (QED) is 0.469. The fourth-order valence-corrected chi connectivity index (χ4v) is 6.92. The first kappa shape index (κ1) is 24.5. The Morgan fingerprint density at radius 1 is 1.11 bits per heavy atom. The molecule has 3 atom stereocenters. The van der Waals surface area contributed by atoms with Gasteiger partial charge in [-0.1, -0.05) is 60.7 Å². The number of benzene rings is 2. The Morgan fingerprint density at radius 3 is 2.51 bits per heavy atom. The van der Waals surface area contributed by atoms with Crippen molar-refractivity contribution in [1.82, 2.24) is 5.32 Å². The molecule has 0 aromatic heterocycles. The van der Waals surface area contributed by atoms with Crippen LogP contribution in [0.5, 0.6) is 0 Å². The molecule has 2 heterocycles. The van der Waals surface area contributed by atoms with Gasteiger partial charge in [-0.25, -0.2) is 4.39 Å². The normalized spacial score (nSPS) is 27.2. The summed E-state index contributed by atoms with van der Waals surface area (Å²) in [5, 5.41) is 7.01. The third-order valence-electron chi connectivity index (χ3n) is 7.68. The van der Waals surface area contributed by atoms with Crippen molar-refractivity contribution in [2.45, 2.75) is 81.4 Å². The van der Waals surface area contributed by atoms with E-state index in [1.54, 1.807) is 45.0 Å². The van der Waals surface area contributed by atoms with Crippen molar-refractivity contribution in [3.63, 3.8) is 0 Å². The van der Waals surface area contributed by atoms with E-state index in [9.17, 15) is 9.59 Å². The fraction of sp³-hybridized carbons (Fsp3) is 0.481. The number of rotatable bonds is 2. The van der Waals surface area contributed by atoms with Gasteiger partial charge in [-0.05, 0) is 62.9 Å². The first-order chi connectivity index (χ1) is 16.5. The van der Waals surface area contributed by atoms with E-state index in [1.807, 2.05) is 6.07 Å². The second-order valence-electron chi connectivity index (χ2n) is 10.9. The number of carbonyl (C=O) groups is 2. The highest BCUT2D eigenvalue weighted by Gasteiger charge is 2.72. The molecule has 0 unspecified atom stereocenters. The van der Waals surface area contributed by atoms with Gasteiger partial charge in [0.25, 0.3) is 0 Å². The molecule has 1 saturated heterocycles. The molecule has 2 aromatic carbocycles. The van der Waals surface area contributed by atoms with Crippen molar-refractivity contribution in [2.75, 3.05) is 5.32 Å². The Bertz CT molecular complexity index is 1210. The van der Waals surface area contributed by atoms with Gasteiger partial charge >= 0.3 is 5.97 Å². The van der Waals surface area contributed by atoms with E-state index in [2.05, 4.69) is 10.6 Å². The third kappa shape index (κ3) is 3.68. The van der Waals surface area contributed by atoms with E-state index < -0.39 is 40.3 Å². The molecule has 2 aliphatic heterocycles. The fourth-order valence-electron chi connectivity index (χ4n) is 6.56. The number of esters is 1. The molecular formula is C27H29Cl2FN2O3. The number of nitrogens with one attached hydrogen (secondary N) is 2. The second kappa shape index (κ2) is 8.46. The van der Waals surface area contributed by atoms with Gasteiger partial charge in [0.1, 0.15) is 22.9 Å². The lowest BCUT2D eigenvalue weighted by Crippen LogP contribution is -2.60. The molecule has 2 aromatic rings. The predicted molar refractivity (Wildman–Crippen MR) is 134 cm³/mol. The predicted octanol–water partition coefficient (Wildman–Crippen LogP) is 6.12. The molecule has 186 valence electrons. The average Bonchev–Trinajstić information content (AvgIpc) is 3.23. The third-order valence-corrected chi connectivity index (χ3v) is 8.21. The molecule has 2 spiro atoms. The summed E-state index contributed by atoms with van der Waals surface area (Å²) in [6, 6.07) is 9.08. The zero-order valence-electron chi connectivity index (χ0n) is 20.0. The van der Waals surface area contributed by atoms with Crippen molar-refractivity contribution in [3.8, 4) is 0 Å². The monoisotopic (exact) mass is 518 g/mol. The smallest absolute Gasteiger partial charge is 0.324 e. The number of amides is 1. The summed E-state index contributed by atoms with van der Waals surface area (Å²) >= 11 is 12.5. The van der Waals surface area contributed by atoms with Crippen LogP contribution in [0.4, 0.5) is 10.1 Å². The second-order valence-corrected chi connectivity index (χ2v) is 11.7. The molecule has 8 heteroatoms. The van der Waals surface area contributed by atoms with E-state index in [0.29, 0.717) is 23.6 Å². The minimum Gasteiger partial charge on any atom is -0.459 e. The first-order valence-electron chi connectivity index (χ1n) is 12.1.